The normalized spacial score (nSPS) is 10.8. The van der Waals surface area contributed by atoms with E-state index in [1.54, 1.807) is 0 Å². The Labute approximate surface area is 166 Å². The van der Waals surface area contributed by atoms with E-state index in [-0.39, 0.29) is 24.6 Å². The minimum absolute atomic E-state index is 0.0458. The summed E-state index contributed by atoms with van der Waals surface area (Å²) >= 11 is 5.92. The number of amides is 1. The average Bonchev–Trinajstić information content (AvgIpc) is 3.23. The smallest absolute Gasteiger partial charge is 0.356 e. The highest BCUT2D eigenvalue weighted by molar-refractivity contribution is 6.30. The summed E-state index contributed by atoms with van der Waals surface area (Å²) in [7, 11) is 0. The molecule has 1 amide bonds. The molecule has 0 atom stereocenters. The fourth-order valence-corrected chi connectivity index (χ4v) is 2.94. The third-order valence-electron chi connectivity index (χ3n) is 4.32. The maximum absolute atomic E-state index is 12.3. The zero-order valence-corrected chi connectivity index (χ0v) is 16.3. The van der Waals surface area contributed by atoms with E-state index in [0.717, 1.165) is 17.0 Å². The molecule has 0 saturated heterocycles. The molecule has 0 bridgehead atoms. The van der Waals surface area contributed by atoms with Crippen LogP contribution in [0.15, 0.2) is 36.5 Å². The highest BCUT2D eigenvalue weighted by Crippen LogP contribution is 2.21. The third-order valence-corrected chi connectivity index (χ3v) is 4.57. The van der Waals surface area contributed by atoms with E-state index in [1.807, 2.05) is 42.8 Å². The molecule has 3 aromatic rings. The van der Waals surface area contributed by atoms with Gasteiger partial charge in [0.25, 0.3) is 0 Å². The number of aromatic carboxylic acids is 1. The molecular weight excluding hydrogens is 382 g/mol. The number of carbonyl (C=O) groups is 2. The minimum atomic E-state index is -1.09. The lowest BCUT2D eigenvalue weighted by Crippen LogP contribution is -2.16. The minimum Gasteiger partial charge on any atom is -0.476 e. The first kappa shape index (κ1) is 19.6. The van der Waals surface area contributed by atoms with Gasteiger partial charge in [-0.1, -0.05) is 23.7 Å². The Hall–Kier alpha value is -3.13. The zero-order valence-electron chi connectivity index (χ0n) is 15.5. The van der Waals surface area contributed by atoms with E-state index < -0.39 is 5.97 Å². The molecule has 0 aliphatic carbocycles. The fourth-order valence-electron chi connectivity index (χ4n) is 2.81. The summed E-state index contributed by atoms with van der Waals surface area (Å²) in [6, 6.07) is 8.93. The number of aromatic nitrogens is 4. The predicted molar refractivity (Wildman–Crippen MR) is 105 cm³/mol. The zero-order chi connectivity index (χ0) is 20.3. The number of carboxylic acid groups (broad SMARTS) is 1. The van der Waals surface area contributed by atoms with Gasteiger partial charge in [0.15, 0.2) is 5.69 Å². The molecule has 2 N–H and O–H groups in total. The lowest BCUT2D eigenvalue weighted by atomic mass is 10.2. The number of hydrogen-bond acceptors (Lipinski definition) is 4. The number of hydrogen-bond donors (Lipinski definition) is 2. The van der Waals surface area contributed by atoms with E-state index in [2.05, 4.69) is 15.5 Å². The molecule has 0 spiro atoms. The van der Waals surface area contributed by atoms with Gasteiger partial charge in [0, 0.05) is 24.2 Å². The molecule has 2 aromatic heterocycles. The number of nitrogens with zero attached hydrogens (tertiary/aromatic N) is 4. The van der Waals surface area contributed by atoms with Crippen LogP contribution in [0.2, 0.25) is 5.02 Å². The van der Waals surface area contributed by atoms with Gasteiger partial charge < -0.3 is 10.4 Å². The Kier molecular flexibility index (Phi) is 5.79. The first-order valence-electron chi connectivity index (χ1n) is 8.68. The summed E-state index contributed by atoms with van der Waals surface area (Å²) in [5.41, 5.74) is 3.28. The van der Waals surface area contributed by atoms with E-state index in [1.165, 1.54) is 16.9 Å². The van der Waals surface area contributed by atoms with E-state index in [9.17, 15) is 9.59 Å². The van der Waals surface area contributed by atoms with Crippen LogP contribution >= 0.6 is 11.6 Å². The average molecular weight is 402 g/mol. The van der Waals surface area contributed by atoms with Crippen LogP contribution < -0.4 is 5.32 Å². The van der Waals surface area contributed by atoms with Crippen molar-refractivity contribution in [1.82, 2.24) is 19.6 Å². The first-order chi connectivity index (χ1) is 13.3. The lowest BCUT2D eigenvalue weighted by molar-refractivity contribution is -0.116. The summed E-state index contributed by atoms with van der Waals surface area (Å²) in [5, 5.41) is 20.9. The predicted octanol–water partition coefficient (Wildman–Crippen LogP) is 3.13. The number of carboxylic acids is 1. The summed E-state index contributed by atoms with van der Waals surface area (Å²) in [6.07, 6.45) is 1.71. The van der Waals surface area contributed by atoms with Gasteiger partial charge in [-0.25, -0.2) is 4.79 Å². The van der Waals surface area contributed by atoms with Crippen molar-refractivity contribution in [1.29, 1.82) is 0 Å². The summed E-state index contributed by atoms with van der Waals surface area (Å²) < 4.78 is 3.27. The van der Waals surface area contributed by atoms with E-state index in [4.69, 9.17) is 16.7 Å². The quantitative estimate of drug-likeness (QED) is 0.633. The van der Waals surface area contributed by atoms with Crippen LogP contribution in [0.25, 0.3) is 0 Å². The van der Waals surface area contributed by atoms with Crippen molar-refractivity contribution in [2.75, 3.05) is 5.32 Å². The number of anilines is 1. The SMILES string of the molecule is Cc1nn(Cc2ccc(Cl)cc2)c(C)c1NC(=O)CCn1ccc(C(=O)O)n1. The third kappa shape index (κ3) is 4.58. The van der Waals surface area contributed by atoms with Crippen molar-refractivity contribution in [3.63, 3.8) is 0 Å². The molecule has 0 fully saturated rings. The van der Waals surface area contributed by atoms with Crippen molar-refractivity contribution < 1.29 is 14.7 Å². The highest BCUT2D eigenvalue weighted by atomic mass is 35.5. The van der Waals surface area contributed by atoms with E-state index in [0.29, 0.717) is 17.3 Å². The Balaban J connectivity index is 1.63. The molecule has 0 aliphatic heterocycles. The molecule has 1 aromatic carbocycles. The van der Waals surface area contributed by atoms with Crippen LogP contribution in [0.1, 0.15) is 33.9 Å². The standard InChI is InChI=1S/C19H20ClN5O3/c1-12-18(13(2)25(22-12)11-14-3-5-15(20)6-4-14)21-17(26)8-10-24-9-7-16(23-24)19(27)28/h3-7,9H,8,10-11H2,1-2H3,(H,21,26)(H,27,28). The number of halogens is 1. The number of rotatable bonds is 7. The van der Waals surface area contributed by atoms with Crippen LogP contribution in [-0.2, 0) is 17.9 Å². The van der Waals surface area contributed by atoms with Gasteiger partial charge in [-0.2, -0.15) is 10.2 Å². The van der Waals surface area contributed by atoms with Crippen molar-refractivity contribution in [3.05, 3.63) is 64.2 Å². The number of carbonyl (C=O) groups excluding carboxylic acids is 1. The summed E-state index contributed by atoms with van der Waals surface area (Å²) in [6.45, 7) is 4.60. The maximum Gasteiger partial charge on any atom is 0.356 e. The van der Waals surface area contributed by atoms with Crippen molar-refractivity contribution in [2.45, 2.75) is 33.4 Å². The van der Waals surface area contributed by atoms with Crippen molar-refractivity contribution in [3.8, 4) is 0 Å². The molecule has 0 radical (unpaired) electrons. The molecule has 0 unspecified atom stereocenters. The van der Waals surface area contributed by atoms with Crippen LogP contribution in [0.5, 0.6) is 0 Å². The molecule has 3 rings (SSSR count). The largest absolute Gasteiger partial charge is 0.476 e. The second-order valence-electron chi connectivity index (χ2n) is 6.40. The van der Waals surface area contributed by atoms with Crippen LogP contribution in [0.3, 0.4) is 0 Å². The van der Waals surface area contributed by atoms with E-state index >= 15 is 0 Å². The summed E-state index contributed by atoms with van der Waals surface area (Å²) in [4.78, 5) is 23.2. The van der Waals surface area contributed by atoms with Gasteiger partial charge in [-0.15, -0.1) is 0 Å². The summed E-state index contributed by atoms with van der Waals surface area (Å²) in [5.74, 6) is -1.29. The molecule has 146 valence electrons. The molecule has 8 nitrogen and oxygen atoms in total. The van der Waals surface area contributed by atoms with Gasteiger partial charge >= 0.3 is 5.97 Å². The Morgan fingerprint density at radius 2 is 1.86 bits per heavy atom. The van der Waals surface area contributed by atoms with Gasteiger partial charge in [0.2, 0.25) is 5.91 Å². The van der Waals surface area contributed by atoms with Crippen LogP contribution in [-0.4, -0.2) is 36.5 Å². The number of benzene rings is 1. The first-order valence-corrected chi connectivity index (χ1v) is 9.06. The topological polar surface area (TPSA) is 102 Å². The number of nitrogens with one attached hydrogen (secondary N) is 1. The molecule has 9 heteroatoms. The van der Waals surface area contributed by atoms with Gasteiger partial charge in [0.05, 0.1) is 23.6 Å². The van der Waals surface area contributed by atoms with Gasteiger partial charge in [-0.3, -0.25) is 14.2 Å². The van der Waals surface area contributed by atoms with Gasteiger partial charge in [-0.05, 0) is 37.6 Å². The molecule has 28 heavy (non-hydrogen) atoms. The highest BCUT2D eigenvalue weighted by Gasteiger charge is 2.15. The number of aryl methyl sites for hydroxylation is 2. The second kappa shape index (κ2) is 8.26. The van der Waals surface area contributed by atoms with Crippen LogP contribution in [0, 0.1) is 13.8 Å². The molecular formula is C19H20ClN5O3. The maximum atomic E-state index is 12.3. The van der Waals surface area contributed by atoms with Crippen LogP contribution in [0.4, 0.5) is 5.69 Å². The monoisotopic (exact) mass is 401 g/mol. The van der Waals surface area contributed by atoms with Gasteiger partial charge in [0.1, 0.15) is 0 Å². The fraction of sp³-hybridized carbons (Fsp3) is 0.263. The lowest BCUT2D eigenvalue weighted by Gasteiger charge is -2.08. The molecule has 0 saturated carbocycles. The molecule has 0 aliphatic rings. The molecule has 2 heterocycles. The van der Waals surface area contributed by atoms with Crippen molar-refractivity contribution >= 4 is 29.2 Å². The second-order valence-corrected chi connectivity index (χ2v) is 6.83. The Morgan fingerprint density at radius 1 is 1.14 bits per heavy atom. The van der Waals surface area contributed by atoms with Crippen molar-refractivity contribution in [2.24, 2.45) is 0 Å². The Bertz CT molecular complexity index is 1010. The Morgan fingerprint density at radius 3 is 2.50 bits per heavy atom.